The van der Waals surface area contributed by atoms with Gasteiger partial charge in [0.15, 0.2) is 0 Å². The van der Waals surface area contributed by atoms with Crippen LogP contribution in [-0.4, -0.2) is 26.0 Å². The summed E-state index contributed by atoms with van der Waals surface area (Å²) < 4.78 is 22.4. The Morgan fingerprint density at radius 3 is 2.53 bits per heavy atom. The van der Waals surface area contributed by atoms with Crippen LogP contribution in [0.5, 0.6) is 0 Å². The Kier molecular flexibility index (Phi) is 4.68. The predicted molar refractivity (Wildman–Crippen MR) is 72.7 cm³/mol. The third-order valence-corrected chi connectivity index (χ3v) is 3.26. The number of carbonyl (C=O) groups is 1. The van der Waals surface area contributed by atoms with Crippen LogP contribution in [-0.2, 0) is 10.0 Å². The van der Waals surface area contributed by atoms with Crippen molar-refractivity contribution in [3.63, 3.8) is 0 Å². The fraction of sp³-hybridized carbons (Fsp3) is 0.250. The van der Waals surface area contributed by atoms with Gasteiger partial charge in [-0.3, -0.25) is 0 Å². The van der Waals surface area contributed by atoms with Gasteiger partial charge in [0.25, 0.3) is 0 Å². The van der Waals surface area contributed by atoms with Crippen molar-refractivity contribution in [2.45, 2.75) is 18.7 Å². The maximum atomic E-state index is 11.2. The Morgan fingerprint density at radius 1 is 1.42 bits per heavy atom. The second-order valence-corrected chi connectivity index (χ2v) is 5.78. The number of nitrogens with two attached hydrogens (primary N) is 1. The minimum atomic E-state index is -3.91. The van der Waals surface area contributed by atoms with Crippen molar-refractivity contribution in [2.75, 3.05) is 11.9 Å². The third kappa shape index (κ3) is 4.38. The summed E-state index contributed by atoms with van der Waals surface area (Å²) in [5.74, 6) is -1.22. The summed E-state index contributed by atoms with van der Waals surface area (Å²) in [6, 6.07) is 3.71. The van der Waals surface area contributed by atoms with E-state index < -0.39 is 16.0 Å². The highest BCUT2D eigenvalue weighted by Crippen LogP contribution is 2.20. The highest BCUT2D eigenvalue weighted by atomic mass is 32.2. The zero-order chi connectivity index (χ0) is 14.6. The highest BCUT2D eigenvalue weighted by Gasteiger charge is 2.15. The van der Waals surface area contributed by atoms with Crippen LogP contribution in [0.4, 0.5) is 5.69 Å². The van der Waals surface area contributed by atoms with Crippen LogP contribution in [0.1, 0.15) is 24.2 Å². The molecule has 1 aromatic carbocycles. The van der Waals surface area contributed by atoms with E-state index in [1.807, 2.05) is 19.9 Å². The Balaban J connectivity index is 3.13. The molecule has 0 saturated carbocycles. The van der Waals surface area contributed by atoms with Crippen LogP contribution in [0, 0.1) is 0 Å². The fourth-order valence-corrected chi connectivity index (χ4v) is 1.94. The van der Waals surface area contributed by atoms with Crippen LogP contribution in [0.2, 0.25) is 0 Å². The summed E-state index contributed by atoms with van der Waals surface area (Å²) in [6.45, 7) is 4.30. The van der Waals surface area contributed by atoms with Gasteiger partial charge in [-0.2, -0.15) is 0 Å². The van der Waals surface area contributed by atoms with E-state index in [1.165, 1.54) is 12.1 Å². The van der Waals surface area contributed by atoms with E-state index in [0.29, 0.717) is 12.2 Å². The molecule has 1 aromatic rings. The maximum absolute atomic E-state index is 11.2. The monoisotopic (exact) mass is 284 g/mol. The van der Waals surface area contributed by atoms with Gasteiger partial charge in [0.05, 0.1) is 10.5 Å². The number of primary sulfonamides is 1. The smallest absolute Gasteiger partial charge is 0.337 e. The molecule has 19 heavy (non-hydrogen) atoms. The zero-order valence-electron chi connectivity index (χ0n) is 10.7. The number of carboxylic acids is 1. The average Bonchev–Trinajstić information content (AvgIpc) is 2.27. The van der Waals surface area contributed by atoms with E-state index in [4.69, 9.17) is 10.2 Å². The SMILES string of the molecule is CC(C)=CCNc1ccc(S(N)(=O)=O)cc1C(=O)O. The molecule has 0 aliphatic rings. The van der Waals surface area contributed by atoms with Gasteiger partial charge < -0.3 is 10.4 Å². The molecule has 0 radical (unpaired) electrons. The van der Waals surface area contributed by atoms with E-state index in [0.717, 1.165) is 11.6 Å². The van der Waals surface area contributed by atoms with Crippen molar-refractivity contribution >= 4 is 21.7 Å². The molecule has 0 aromatic heterocycles. The molecule has 0 unspecified atom stereocenters. The van der Waals surface area contributed by atoms with Gasteiger partial charge in [0.1, 0.15) is 0 Å². The number of aromatic carboxylic acids is 1. The Hall–Kier alpha value is -1.86. The van der Waals surface area contributed by atoms with Crippen molar-refractivity contribution in [1.82, 2.24) is 0 Å². The second kappa shape index (κ2) is 5.85. The lowest BCUT2D eigenvalue weighted by molar-refractivity contribution is 0.0697. The molecule has 0 fully saturated rings. The van der Waals surface area contributed by atoms with Gasteiger partial charge in [-0.1, -0.05) is 11.6 Å². The van der Waals surface area contributed by atoms with Crippen molar-refractivity contribution in [3.05, 3.63) is 35.4 Å². The van der Waals surface area contributed by atoms with E-state index in [-0.39, 0.29) is 10.5 Å². The number of anilines is 1. The number of allylic oxidation sites excluding steroid dienone is 1. The summed E-state index contributed by atoms with van der Waals surface area (Å²) in [5.41, 5.74) is 1.30. The first kappa shape index (κ1) is 15.2. The molecule has 7 heteroatoms. The number of carboxylic acid groups (broad SMARTS) is 1. The van der Waals surface area contributed by atoms with Crippen LogP contribution < -0.4 is 10.5 Å². The molecular weight excluding hydrogens is 268 g/mol. The Labute approximate surface area is 112 Å². The van der Waals surface area contributed by atoms with Crippen molar-refractivity contribution < 1.29 is 18.3 Å². The topological polar surface area (TPSA) is 109 Å². The molecule has 4 N–H and O–H groups in total. The van der Waals surface area contributed by atoms with Gasteiger partial charge in [0, 0.05) is 12.2 Å². The zero-order valence-corrected chi connectivity index (χ0v) is 11.5. The van der Waals surface area contributed by atoms with E-state index in [9.17, 15) is 13.2 Å². The van der Waals surface area contributed by atoms with E-state index in [1.54, 1.807) is 0 Å². The molecule has 0 saturated heterocycles. The minimum absolute atomic E-state index is 0.131. The molecule has 0 spiro atoms. The van der Waals surface area contributed by atoms with Crippen LogP contribution >= 0.6 is 0 Å². The van der Waals surface area contributed by atoms with E-state index in [2.05, 4.69) is 5.32 Å². The lowest BCUT2D eigenvalue weighted by atomic mass is 10.2. The standard InChI is InChI=1S/C12H16N2O4S/c1-8(2)5-6-14-11-4-3-9(19(13,17)18)7-10(11)12(15)16/h3-5,7,14H,6H2,1-2H3,(H,15,16)(H2,13,17,18). The third-order valence-electron chi connectivity index (χ3n) is 2.35. The van der Waals surface area contributed by atoms with Crippen LogP contribution in [0.25, 0.3) is 0 Å². The molecule has 0 aliphatic carbocycles. The van der Waals surface area contributed by atoms with Gasteiger partial charge in [-0.15, -0.1) is 0 Å². The van der Waals surface area contributed by atoms with Gasteiger partial charge in [-0.05, 0) is 32.0 Å². The first-order valence-corrected chi connectivity index (χ1v) is 7.04. The van der Waals surface area contributed by atoms with Gasteiger partial charge in [0.2, 0.25) is 10.0 Å². The van der Waals surface area contributed by atoms with Crippen LogP contribution in [0.15, 0.2) is 34.7 Å². The maximum Gasteiger partial charge on any atom is 0.337 e. The molecular formula is C12H16N2O4S. The number of hydrogen-bond acceptors (Lipinski definition) is 4. The Bertz CT molecular complexity index is 617. The quantitative estimate of drug-likeness (QED) is 0.708. The normalized spacial score (nSPS) is 10.9. The highest BCUT2D eigenvalue weighted by molar-refractivity contribution is 7.89. The van der Waals surface area contributed by atoms with Crippen molar-refractivity contribution in [3.8, 4) is 0 Å². The summed E-state index contributed by atoms with van der Waals surface area (Å²) in [6.07, 6.45) is 1.89. The summed E-state index contributed by atoms with van der Waals surface area (Å²) in [4.78, 5) is 10.9. The van der Waals surface area contributed by atoms with Gasteiger partial charge >= 0.3 is 5.97 Å². The molecule has 6 nitrogen and oxygen atoms in total. The number of benzene rings is 1. The molecule has 104 valence electrons. The number of nitrogens with one attached hydrogen (secondary N) is 1. The Morgan fingerprint density at radius 2 is 2.05 bits per heavy atom. The summed E-state index contributed by atoms with van der Waals surface area (Å²) in [7, 11) is -3.91. The molecule has 1 rings (SSSR count). The van der Waals surface area contributed by atoms with Crippen molar-refractivity contribution in [1.29, 1.82) is 0 Å². The fourth-order valence-electron chi connectivity index (χ4n) is 1.40. The van der Waals surface area contributed by atoms with Crippen LogP contribution in [0.3, 0.4) is 0 Å². The molecule has 0 atom stereocenters. The lowest BCUT2D eigenvalue weighted by Crippen LogP contribution is -2.14. The van der Waals surface area contributed by atoms with E-state index >= 15 is 0 Å². The molecule has 0 heterocycles. The minimum Gasteiger partial charge on any atom is -0.478 e. The van der Waals surface area contributed by atoms with Gasteiger partial charge in [-0.25, -0.2) is 18.4 Å². The molecule has 0 aliphatic heterocycles. The average molecular weight is 284 g/mol. The number of rotatable bonds is 5. The predicted octanol–water partition coefficient (Wildman–Crippen LogP) is 1.41. The molecule has 0 amide bonds. The second-order valence-electron chi connectivity index (χ2n) is 4.22. The molecule has 0 bridgehead atoms. The number of sulfonamides is 1. The largest absolute Gasteiger partial charge is 0.478 e. The lowest BCUT2D eigenvalue weighted by Gasteiger charge is -2.09. The first-order chi connectivity index (χ1) is 8.71. The van der Waals surface area contributed by atoms with Crippen molar-refractivity contribution in [2.24, 2.45) is 5.14 Å². The first-order valence-electron chi connectivity index (χ1n) is 5.49. The number of hydrogen-bond donors (Lipinski definition) is 3. The summed E-state index contributed by atoms with van der Waals surface area (Å²) in [5, 5.41) is 17.0. The summed E-state index contributed by atoms with van der Waals surface area (Å²) >= 11 is 0.